The van der Waals surface area contributed by atoms with E-state index in [1.54, 1.807) is 24.3 Å². The van der Waals surface area contributed by atoms with Crippen LogP contribution in [0.25, 0.3) is 0 Å². The fourth-order valence-electron chi connectivity index (χ4n) is 1.78. The zero-order valence-electron chi connectivity index (χ0n) is 13.2. The average molecular weight is 327 g/mol. The van der Waals surface area contributed by atoms with Gasteiger partial charge in [0.1, 0.15) is 0 Å². The summed E-state index contributed by atoms with van der Waals surface area (Å²) < 4.78 is 26.4. The lowest BCUT2D eigenvalue weighted by molar-refractivity contribution is -0.120. The lowest BCUT2D eigenvalue weighted by Gasteiger charge is -2.08. The van der Waals surface area contributed by atoms with Crippen molar-refractivity contribution in [2.45, 2.75) is 31.6 Å². The number of nitrogens with one attached hydrogen (secondary N) is 3. The molecule has 0 atom stereocenters. The highest BCUT2D eigenvalue weighted by atomic mass is 32.2. The minimum absolute atomic E-state index is 0.0877. The fourth-order valence-corrected chi connectivity index (χ4v) is 2.81. The van der Waals surface area contributed by atoms with Crippen LogP contribution in [0.4, 0.5) is 0 Å². The van der Waals surface area contributed by atoms with E-state index in [2.05, 4.69) is 22.3 Å². The largest absolute Gasteiger partial charge is 0.355 e. The summed E-state index contributed by atoms with van der Waals surface area (Å²) in [5, 5.41) is 5.91. The number of rotatable bonds is 10. The van der Waals surface area contributed by atoms with Gasteiger partial charge in [-0.2, -0.15) is 0 Å². The first-order valence-corrected chi connectivity index (χ1v) is 8.98. The van der Waals surface area contributed by atoms with Crippen LogP contribution in [0.1, 0.15) is 25.3 Å². The van der Waals surface area contributed by atoms with Crippen LogP contribution in [0.5, 0.6) is 0 Å². The average Bonchev–Trinajstić information content (AvgIpc) is 2.47. The van der Waals surface area contributed by atoms with Gasteiger partial charge in [0.2, 0.25) is 15.9 Å². The Hall–Kier alpha value is -1.44. The number of aryl methyl sites for hydroxylation is 1. The minimum Gasteiger partial charge on any atom is -0.355 e. The van der Waals surface area contributed by atoms with E-state index in [1.165, 1.54) is 0 Å². The van der Waals surface area contributed by atoms with Crippen molar-refractivity contribution in [2.24, 2.45) is 0 Å². The third kappa shape index (κ3) is 7.02. The minimum atomic E-state index is -3.55. The Labute approximate surface area is 132 Å². The van der Waals surface area contributed by atoms with Crippen LogP contribution in [-0.2, 0) is 14.8 Å². The van der Waals surface area contributed by atoms with Crippen molar-refractivity contribution in [3.8, 4) is 0 Å². The Morgan fingerprint density at radius 2 is 1.73 bits per heavy atom. The van der Waals surface area contributed by atoms with Crippen molar-refractivity contribution in [3.05, 3.63) is 29.8 Å². The maximum Gasteiger partial charge on any atom is 0.240 e. The summed E-state index contributed by atoms with van der Waals surface area (Å²) in [5.74, 6) is -0.162. The molecule has 0 saturated carbocycles. The number of amides is 1. The first-order chi connectivity index (χ1) is 10.5. The summed E-state index contributed by atoms with van der Waals surface area (Å²) >= 11 is 0. The molecule has 0 aliphatic heterocycles. The highest BCUT2D eigenvalue weighted by Gasteiger charge is 2.13. The van der Waals surface area contributed by atoms with E-state index in [0.717, 1.165) is 18.5 Å². The van der Waals surface area contributed by atoms with Crippen molar-refractivity contribution in [2.75, 3.05) is 26.2 Å². The van der Waals surface area contributed by atoms with E-state index in [9.17, 15) is 13.2 Å². The number of hydrogen-bond donors (Lipinski definition) is 3. The molecule has 124 valence electrons. The molecule has 0 unspecified atom stereocenters. The van der Waals surface area contributed by atoms with Gasteiger partial charge in [0.05, 0.1) is 4.90 Å². The number of carbonyl (C=O) groups is 1. The van der Waals surface area contributed by atoms with Gasteiger partial charge in [0, 0.05) is 26.1 Å². The fraction of sp³-hybridized carbons (Fsp3) is 0.533. The van der Waals surface area contributed by atoms with Gasteiger partial charge in [-0.3, -0.25) is 4.79 Å². The van der Waals surface area contributed by atoms with Gasteiger partial charge < -0.3 is 10.6 Å². The highest BCUT2D eigenvalue weighted by molar-refractivity contribution is 7.89. The second-order valence-corrected chi connectivity index (χ2v) is 6.83. The van der Waals surface area contributed by atoms with Gasteiger partial charge in [-0.25, -0.2) is 13.1 Å². The maximum atomic E-state index is 12.0. The molecule has 7 heteroatoms. The monoisotopic (exact) mass is 327 g/mol. The summed E-state index contributed by atoms with van der Waals surface area (Å²) in [4.78, 5) is 11.8. The zero-order chi connectivity index (χ0) is 16.4. The molecule has 1 amide bonds. The molecule has 0 radical (unpaired) electrons. The van der Waals surface area contributed by atoms with E-state index in [-0.39, 0.29) is 23.8 Å². The van der Waals surface area contributed by atoms with Crippen LogP contribution in [-0.4, -0.2) is 40.5 Å². The normalized spacial score (nSPS) is 11.4. The molecule has 0 fully saturated rings. The lowest BCUT2D eigenvalue weighted by Crippen LogP contribution is -2.34. The molecule has 0 heterocycles. The molecule has 1 aromatic carbocycles. The van der Waals surface area contributed by atoms with Crippen LogP contribution in [0.3, 0.4) is 0 Å². The van der Waals surface area contributed by atoms with Gasteiger partial charge in [0.25, 0.3) is 0 Å². The zero-order valence-corrected chi connectivity index (χ0v) is 14.0. The molecule has 1 rings (SSSR count). The van der Waals surface area contributed by atoms with Gasteiger partial charge >= 0.3 is 0 Å². The summed E-state index contributed by atoms with van der Waals surface area (Å²) in [7, 11) is -3.55. The molecule has 0 spiro atoms. The Morgan fingerprint density at radius 3 is 2.36 bits per heavy atom. The van der Waals surface area contributed by atoms with Crippen molar-refractivity contribution in [1.82, 2.24) is 15.4 Å². The highest BCUT2D eigenvalue weighted by Crippen LogP contribution is 2.09. The van der Waals surface area contributed by atoms with Crippen molar-refractivity contribution < 1.29 is 13.2 Å². The van der Waals surface area contributed by atoms with Crippen LogP contribution < -0.4 is 15.4 Å². The van der Waals surface area contributed by atoms with E-state index < -0.39 is 10.0 Å². The first-order valence-electron chi connectivity index (χ1n) is 7.49. The van der Waals surface area contributed by atoms with Gasteiger partial charge in [-0.1, -0.05) is 24.6 Å². The predicted molar refractivity (Wildman–Crippen MR) is 87.2 cm³/mol. The lowest BCUT2D eigenvalue weighted by atomic mass is 10.2. The molecular weight excluding hydrogens is 302 g/mol. The summed E-state index contributed by atoms with van der Waals surface area (Å²) in [5.41, 5.74) is 0.995. The maximum absolute atomic E-state index is 12.0. The van der Waals surface area contributed by atoms with Crippen molar-refractivity contribution in [1.29, 1.82) is 0 Å². The smallest absolute Gasteiger partial charge is 0.240 e. The predicted octanol–water partition coefficient (Wildman–Crippen LogP) is 0.779. The van der Waals surface area contributed by atoms with Crippen molar-refractivity contribution in [3.63, 3.8) is 0 Å². The SMILES string of the molecule is CCCNCCNC(=O)CCNS(=O)(=O)c1ccc(C)cc1. The molecule has 0 aliphatic carbocycles. The van der Waals surface area contributed by atoms with E-state index >= 15 is 0 Å². The number of carbonyl (C=O) groups excluding carboxylic acids is 1. The standard InChI is InChI=1S/C15H25N3O3S/c1-3-9-16-11-12-17-15(19)8-10-18-22(20,21)14-6-4-13(2)5-7-14/h4-7,16,18H,3,8-12H2,1-2H3,(H,17,19). The quantitative estimate of drug-likeness (QED) is 0.554. The molecule has 1 aromatic rings. The third-order valence-corrected chi connectivity index (χ3v) is 4.50. The van der Waals surface area contributed by atoms with Gasteiger partial charge in [0.15, 0.2) is 0 Å². The number of benzene rings is 1. The van der Waals surface area contributed by atoms with E-state index in [4.69, 9.17) is 0 Å². The number of hydrogen-bond acceptors (Lipinski definition) is 4. The Bertz CT molecular complexity index is 556. The molecule has 3 N–H and O–H groups in total. The Kier molecular flexibility index (Phi) is 8.08. The van der Waals surface area contributed by atoms with Crippen LogP contribution in [0, 0.1) is 6.92 Å². The first kappa shape index (κ1) is 18.6. The van der Waals surface area contributed by atoms with Gasteiger partial charge in [-0.05, 0) is 32.0 Å². The molecule has 0 aliphatic rings. The Morgan fingerprint density at radius 1 is 1.05 bits per heavy atom. The van der Waals surface area contributed by atoms with Crippen LogP contribution in [0.15, 0.2) is 29.2 Å². The molecule has 22 heavy (non-hydrogen) atoms. The molecule has 6 nitrogen and oxygen atoms in total. The van der Waals surface area contributed by atoms with Gasteiger partial charge in [-0.15, -0.1) is 0 Å². The second kappa shape index (κ2) is 9.55. The summed E-state index contributed by atoms with van der Waals surface area (Å²) in [6, 6.07) is 6.59. The Balaban J connectivity index is 2.28. The van der Waals surface area contributed by atoms with Crippen LogP contribution in [0.2, 0.25) is 0 Å². The molecule has 0 aromatic heterocycles. The molecular formula is C15H25N3O3S. The molecule has 0 saturated heterocycles. The number of sulfonamides is 1. The third-order valence-electron chi connectivity index (χ3n) is 3.03. The topological polar surface area (TPSA) is 87.3 Å². The van der Waals surface area contributed by atoms with Crippen molar-refractivity contribution >= 4 is 15.9 Å². The summed E-state index contributed by atoms with van der Waals surface area (Å²) in [6.45, 7) is 6.24. The van der Waals surface area contributed by atoms with E-state index in [1.807, 2.05) is 6.92 Å². The summed E-state index contributed by atoms with van der Waals surface area (Å²) in [6.07, 6.45) is 1.17. The second-order valence-electron chi connectivity index (χ2n) is 5.06. The molecule has 0 bridgehead atoms. The van der Waals surface area contributed by atoms with Crippen LogP contribution >= 0.6 is 0 Å². The van der Waals surface area contributed by atoms with E-state index in [0.29, 0.717) is 13.1 Å².